The number of amides is 2. The molecule has 19 heavy (non-hydrogen) atoms. The van der Waals surface area contributed by atoms with E-state index in [9.17, 15) is 14.4 Å². The Hall–Kier alpha value is -1.35. The molecule has 1 unspecified atom stereocenters. The third-order valence-corrected chi connectivity index (χ3v) is 4.43. The number of rotatable bonds is 4. The summed E-state index contributed by atoms with van der Waals surface area (Å²) in [5, 5.41) is 13.5. The Morgan fingerprint density at radius 1 is 1.63 bits per heavy atom. The zero-order valence-electron chi connectivity index (χ0n) is 9.58. The van der Waals surface area contributed by atoms with Crippen LogP contribution in [0.5, 0.6) is 0 Å². The third-order valence-electron chi connectivity index (χ3n) is 2.70. The summed E-state index contributed by atoms with van der Waals surface area (Å²) in [4.78, 5) is 36.3. The van der Waals surface area contributed by atoms with Crippen molar-refractivity contribution in [2.75, 3.05) is 11.1 Å². The van der Waals surface area contributed by atoms with Crippen LogP contribution in [-0.4, -0.2) is 55.9 Å². The van der Waals surface area contributed by atoms with Gasteiger partial charge in [-0.15, -0.1) is 11.8 Å². The van der Waals surface area contributed by atoms with Crippen LogP contribution < -0.4 is 5.32 Å². The van der Waals surface area contributed by atoms with Crippen LogP contribution in [0, 0.1) is 0 Å². The Bertz CT molecular complexity index is 493. The molecule has 2 rings (SSSR count). The van der Waals surface area contributed by atoms with Gasteiger partial charge in [-0.25, -0.2) is 0 Å². The highest BCUT2D eigenvalue weighted by atomic mass is 79.9. The molecule has 0 aromatic heterocycles. The number of alkyl halides is 1. The van der Waals surface area contributed by atoms with Crippen molar-refractivity contribution in [3.05, 3.63) is 12.3 Å². The van der Waals surface area contributed by atoms with Gasteiger partial charge in [0.25, 0.3) is 11.8 Å². The SMILES string of the molecule is O=C(CBr)C(=NO)C(=O)NC1C(=O)N2C=CCS[C@@H]12. The number of β-lactam (4-membered cyclic amide) rings is 1. The van der Waals surface area contributed by atoms with E-state index in [0.717, 1.165) is 5.75 Å². The molecule has 2 atom stereocenters. The molecule has 1 fully saturated rings. The molecule has 7 nitrogen and oxygen atoms in total. The lowest BCUT2D eigenvalue weighted by molar-refractivity contribution is -0.144. The standard InChI is InChI=1S/C10H10BrN3O4S/c11-4-5(15)6(13-18)8(16)12-7-9(17)14-2-1-3-19-10(7)14/h1-2,7,10,18H,3-4H2,(H,12,16)/t7?,10-/m0/s1. The van der Waals surface area contributed by atoms with Crippen LogP contribution in [0.2, 0.25) is 0 Å². The van der Waals surface area contributed by atoms with Crippen LogP contribution in [0.1, 0.15) is 0 Å². The molecular formula is C10H10BrN3O4S. The Kier molecular flexibility index (Phi) is 4.25. The highest BCUT2D eigenvalue weighted by Gasteiger charge is 2.48. The Balaban J connectivity index is 2.02. The number of fused-ring (bicyclic) bond motifs is 1. The van der Waals surface area contributed by atoms with Gasteiger partial charge >= 0.3 is 0 Å². The molecule has 2 aliphatic rings. The molecule has 2 heterocycles. The van der Waals surface area contributed by atoms with E-state index in [-0.39, 0.29) is 16.6 Å². The lowest BCUT2D eigenvalue weighted by Crippen LogP contribution is -2.68. The van der Waals surface area contributed by atoms with Crippen LogP contribution in [0.3, 0.4) is 0 Å². The Labute approximate surface area is 121 Å². The third kappa shape index (κ3) is 2.52. The van der Waals surface area contributed by atoms with Gasteiger partial charge in [0.1, 0.15) is 11.4 Å². The van der Waals surface area contributed by atoms with E-state index < -0.39 is 23.4 Å². The molecule has 2 aliphatic heterocycles. The van der Waals surface area contributed by atoms with Crippen LogP contribution in [0.25, 0.3) is 0 Å². The molecule has 1 saturated heterocycles. The normalized spacial score (nSPS) is 25.6. The molecule has 9 heteroatoms. The molecule has 0 aromatic rings. The topological polar surface area (TPSA) is 99.1 Å². The van der Waals surface area contributed by atoms with Crippen LogP contribution in [0.4, 0.5) is 0 Å². The van der Waals surface area contributed by atoms with Crippen molar-refractivity contribution in [2.24, 2.45) is 5.16 Å². The monoisotopic (exact) mass is 347 g/mol. The maximum Gasteiger partial charge on any atom is 0.277 e. The number of halogens is 1. The van der Waals surface area contributed by atoms with Crippen LogP contribution >= 0.6 is 27.7 Å². The maximum absolute atomic E-state index is 11.8. The first-order chi connectivity index (χ1) is 9.10. The molecular weight excluding hydrogens is 338 g/mol. The second-order valence-electron chi connectivity index (χ2n) is 3.81. The number of nitrogens with zero attached hydrogens (tertiary/aromatic N) is 2. The van der Waals surface area contributed by atoms with Crippen LogP contribution in [-0.2, 0) is 14.4 Å². The van der Waals surface area contributed by atoms with E-state index in [1.807, 2.05) is 6.08 Å². The summed E-state index contributed by atoms with van der Waals surface area (Å²) in [5.74, 6) is -0.993. The molecule has 0 saturated carbocycles. The number of Topliss-reactive ketones (excluding diaryl/α,β-unsaturated/α-hetero) is 1. The predicted molar refractivity (Wildman–Crippen MR) is 72.2 cm³/mol. The molecule has 0 aliphatic carbocycles. The van der Waals surface area contributed by atoms with Gasteiger partial charge in [0.15, 0.2) is 0 Å². The number of carbonyl (C=O) groups excluding carboxylic acids is 3. The summed E-state index contributed by atoms with van der Waals surface area (Å²) >= 11 is 4.39. The lowest BCUT2D eigenvalue weighted by Gasteiger charge is -2.46. The van der Waals surface area contributed by atoms with Crippen molar-refractivity contribution in [3.8, 4) is 0 Å². The van der Waals surface area contributed by atoms with Gasteiger partial charge in [-0.05, 0) is 0 Å². The molecule has 102 valence electrons. The first-order valence-corrected chi connectivity index (χ1v) is 7.49. The fourth-order valence-electron chi connectivity index (χ4n) is 1.77. The predicted octanol–water partition coefficient (Wildman–Crippen LogP) is -0.306. The van der Waals surface area contributed by atoms with Gasteiger partial charge in [0.05, 0.1) is 5.33 Å². The molecule has 0 radical (unpaired) electrons. The minimum atomic E-state index is -0.847. The highest BCUT2D eigenvalue weighted by Crippen LogP contribution is 2.33. The van der Waals surface area contributed by atoms with E-state index in [0.29, 0.717) is 0 Å². The molecule has 0 bridgehead atoms. The van der Waals surface area contributed by atoms with Crippen molar-refractivity contribution in [2.45, 2.75) is 11.4 Å². The second kappa shape index (κ2) is 5.74. The van der Waals surface area contributed by atoms with Gasteiger partial charge in [-0.2, -0.15) is 0 Å². The zero-order chi connectivity index (χ0) is 14.0. The number of thioether (sulfide) groups is 1. The fourth-order valence-corrected chi connectivity index (χ4v) is 3.14. The largest absolute Gasteiger partial charge is 0.410 e. The fraction of sp³-hybridized carbons (Fsp3) is 0.400. The summed E-state index contributed by atoms with van der Waals surface area (Å²) < 4.78 is 0. The molecule has 2 N–H and O–H groups in total. The molecule has 0 aromatic carbocycles. The van der Waals surface area contributed by atoms with E-state index >= 15 is 0 Å². The van der Waals surface area contributed by atoms with E-state index in [1.165, 1.54) is 16.7 Å². The van der Waals surface area contributed by atoms with E-state index in [4.69, 9.17) is 5.21 Å². The summed E-state index contributed by atoms with van der Waals surface area (Å²) in [6.07, 6.45) is 3.53. The van der Waals surface area contributed by atoms with Gasteiger partial charge in [-0.1, -0.05) is 27.2 Å². The second-order valence-corrected chi connectivity index (χ2v) is 5.52. The first kappa shape index (κ1) is 14.1. The molecule has 0 spiro atoms. The smallest absolute Gasteiger partial charge is 0.277 e. The van der Waals surface area contributed by atoms with Gasteiger partial charge in [0.2, 0.25) is 11.5 Å². The summed E-state index contributed by atoms with van der Waals surface area (Å²) in [6.45, 7) is 0. The lowest BCUT2D eigenvalue weighted by atomic mass is 10.1. The minimum Gasteiger partial charge on any atom is -0.410 e. The number of carbonyl (C=O) groups is 3. The van der Waals surface area contributed by atoms with Crippen molar-refractivity contribution >= 4 is 51.0 Å². The first-order valence-electron chi connectivity index (χ1n) is 5.32. The van der Waals surface area contributed by atoms with Crippen molar-refractivity contribution in [1.82, 2.24) is 10.2 Å². The number of nitrogens with one attached hydrogen (secondary N) is 1. The van der Waals surface area contributed by atoms with Gasteiger partial charge in [-0.3, -0.25) is 14.4 Å². The van der Waals surface area contributed by atoms with Crippen LogP contribution in [0.15, 0.2) is 17.4 Å². The number of ketones is 1. The quantitative estimate of drug-likeness (QED) is 0.181. The molecule has 2 amide bonds. The van der Waals surface area contributed by atoms with E-state index in [2.05, 4.69) is 26.4 Å². The van der Waals surface area contributed by atoms with Gasteiger partial charge < -0.3 is 15.4 Å². The van der Waals surface area contributed by atoms with Crippen molar-refractivity contribution in [1.29, 1.82) is 0 Å². The highest BCUT2D eigenvalue weighted by molar-refractivity contribution is 9.09. The number of hydrogen-bond acceptors (Lipinski definition) is 6. The zero-order valence-corrected chi connectivity index (χ0v) is 12.0. The Morgan fingerprint density at radius 2 is 2.37 bits per heavy atom. The summed E-state index contributed by atoms with van der Waals surface area (Å²) in [7, 11) is 0. The summed E-state index contributed by atoms with van der Waals surface area (Å²) in [5.41, 5.74) is -0.612. The average molecular weight is 348 g/mol. The van der Waals surface area contributed by atoms with Crippen molar-refractivity contribution < 1.29 is 19.6 Å². The van der Waals surface area contributed by atoms with E-state index in [1.54, 1.807) is 6.20 Å². The minimum absolute atomic E-state index is 0.133. The van der Waals surface area contributed by atoms with Crippen molar-refractivity contribution in [3.63, 3.8) is 0 Å². The van der Waals surface area contributed by atoms with Gasteiger partial charge in [0, 0.05) is 12.0 Å². The Morgan fingerprint density at radius 3 is 3.00 bits per heavy atom. The number of hydrogen-bond donors (Lipinski definition) is 2. The number of oxime groups is 1. The average Bonchev–Trinajstić information content (AvgIpc) is 2.44. The maximum atomic E-state index is 11.8. The summed E-state index contributed by atoms with van der Waals surface area (Å²) in [6, 6.07) is -0.692.